The first-order valence-electron chi connectivity index (χ1n) is 4.94. The minimum absolute atomic E-state index is 0.285. The molecule has 0 aliphatic heterocycles. The second-order valence-corrected chi connectivity index (χ2v) is 4.65. The first-order valence-corrected chi connectivity index (χ1v) is 5.73. The molecule has 1 aliphatic carbocycles. The van der Waals surface area contributed by atoms with Gasteiger partial charge in [-0.1, -0.05) is 45.8 Å². The van der Waals surface area contributed by atoms with E-state index in [0.717, 1.165) is 19.3 Å². The third-order valence-corrected chi connectivity index (χ3v) is 3.40. The van der Waals surface area contributed by atoms with E-state index in [1.54, 1.807) is 0 Å². The van der Waals surface area contributed by atoms with Crippen LogP contribution in [0.1, 0.15) is 18.4 Å². The van der Waals surface area contributed by atoms with E-state index in [1.165, 1.54) is 15.6 Å². The molecule has 74 valence electrons. The number of hydrogen-bond donors (Lipinski definition) is 1. The highest BCUT2D eigenvalue weighted by Crippen LogP contribution is 2.25. The van der Waals surface area contributed by atoms with Gasteiger partial charge in [0.2, 0.25) is 0 Å². The molecule has 1 atom stereocenters. The maximum atomic E-state index is 5.83. The van der Waals surface area contributed by atoms with Crippen molar-refractivity contribution in [1.29, 1.82) is 0 Å². The molecule has 1 unspecified atom stereocenters. The molecule has 0 amide bonds. The quantitative estimate of drug-likeness (QED) is 0.804. The molecule has 2 N–H and O–H groups in total. The van der Waals surface area contributed by atoms with Gasteiger partial charge in [-0.15, -0.1) is 0 Å². The second-order valence-electron chi connectivity index (χ2n) is 3.80. The summed E-state index contributed by atoms with van der Waals surface area (Å²) in [5.41, 5.74) is 8.66. The predicted molar refractivity (Wildman–Crippen MR) is 63.1 cm³/mol. The third-order valence-electron chi connectivity index (χ3n) is 2.62. The lowest BCUT2D eigenvalue weighted by atomic mass is 10.1. The van der Waals surface area contributed by atoms with E-state index in [9.17, 15) is 0 Å². The van der Waals surface area contributed by atoms with Gasteiger partial charge in [0.05, 0.1) is 0 Å². The highest BCUT2D eigenvalue weighted by molar-refractivity contribution is 9.10. The first-order chi connectivity index (χ1) is 6.75. The highest BCUT2D eigenvalue weighted by atomic mass is 79.9. The van der Waals surface area contributed by atoms with Crippen molar-refractivity contribution in [3.8, 4) is 0 Å². The topological polar surface area (TPSA) is 26.0 Å². The van der Waals surface area contributed by atoms with Crippen LogP contribution in [0.5, 0.6) is 0 Å². The maximum absolute atomic E-state index is 5.83. The van der Waals surface area contributed by atoms with E-state index in [0.29, 0.717) is 0 Å². The number of benzene rings is 1. The highest BCUT2D eigenvalue weighted by Gasteiger charge is 2.12. The van der Waals surface area contributed by atoms with Gasteiger partial charge in [0.25, 0.3) is 0 Å². The number of nitrogens with two attached hydrogens (primary N) is 1. The molecular weight excluding hydrogens is 238 g/mol. The van der Waals surface area contributed by atoms with Crippen LogP contribution >= 0.6 is 15.9 Å². The lowest BCUT2D eigenvalue weighted by molar-refractivity contribution is 0.770. The fourth-order valence-corrected chi connectivity index (χ4v) is 2.28. The predicted octanol–water partition coefficient (Wildman–Crippen LogP) is 3.04. The molecule has 0 saturated carbocycles. The molecule has 1 nitrogen and oxygen atoms in total. The lowest BCUT2D eigenvalue weighted by Crippen LogP contribution is -2.11. The van der Waals surface area contributed by atoms with Crippen LogP contribution in [0.25, 0.3) is 0 Å². The third kappa shape index (κ3) is 2.25. The van der Waals surface area contributed by atoms with Gasteiger partial charge in [-0.25, -0.2) is 0 Å². The van der Waals surface area contributed by atoms with Crippen LogP contribution in [0.2, 0.25) is 0 Å². The van der Waals surface area contributed by atoms with E-state index in [-0.39, 0.29) is 6.04 Å². The molecule has 14 heavy (non-hydrogen) atoms. The fourth-order valence-electron chi connectivity index (χ4n) is 1.86. The average molecular weight is 252 g/mol. The molecule has 1 aromatic carbocycles. The lowest BCUT2D eigenvalue weighted by Gasteiger charge is -2.04. The Kier molecular flexibility index (Phi) is 3.04. The summed E-state index contributed by atoms with van der Waals surface area (Å²) in [6.07, 6.45) is 5.51. The second kappa shape index (κ2) is 4.28. The Labute approximate surface area is 93.1 Å². The molecule has 1 aliphatic rings. The molecule has 0 bridgehead atoms. The Morgan fingerprint density at radius 3 is 2.79 bits per heavy atom. The zero-order valence-corrected chi connectivity index (χ0v) is 9.63. The standard InChI is InChI=1S/C12H14BrN/c13-12-4-2-1-3-10(12)7-9-5-6-11(14)8-9/h1-4,8,11H,5-7,14H2. The normalized spacial score (nSPS) is 21.0. The monoisotopic (exact) mass is 251 g/mol. The Morgan fingerprint density at radius 2 is 2.14 bits per heavy atom. The molecule has 0 saturated heterocycles. The van der Waals surface area contributed by atoms with Crippen molar-refractivity contribution in [1.82, 2.24) is 0 Å². The summed E-state index contributed by atoms with van der Waals surface area (Å²) in [6.45, 7) is 0. The molecule has 1 aromatic rings. The van der Waals surface area contributed by atoms with Gasteiger partial charge in [-0.05, 0) is 30.9 Å². The van der Waals surface area contributed by atoms with Crippen LogP contribution < -0.4 is 5.73 Å². The van der Waals surface area contributed by atoms with Gasteiger partial charge in [0.15, 0.2) is 0 Å². The molecule has 2 rings (SSSR count). The largest absolute Gasteiger partial charge is 0.324 e. The summed E-state index contributed by atoms with van der Waals surface area (Å²) >= 11 is 3.56. The van der Waals surface area contributed by atoms with E-state index < -0.39 is 0 Å². The van der Waals surface area contributed by atoms with Crippen molar-refractivity contribution >= 4 is 15.9 Å². The van der Waals surface area contributed by atoms with Gasteiger partial charge in [0, 0.05) is 10.5 Å². The van der Waals surface area contributed by atoms with Crippen molar-refractivity contribution in [2.75, 3.05) is 0 Å². The summed E-state index contributed by atoms with van der Waals surface area (Å²) in [4.78, 5) is 0. The SMILES string of the molecule is NC1C=C(Cc2ccccc2Br)CC1. The van der Waals surface area contributed by atoms with E-state index in [1.807, 2.05) is 6.07 Å². The van der Waals surface area contributed by atoms with Crippen molar-refractivity contribution in [2.45, 2.75) is 25.3 Å². The summed E-state index contributed by atoms with van der Waals surface area (Å²) in [5.74, 6) is 0. The van der Waals surface area contributed by atoms with E-state index in [4.69, 9.17) is 5.73 Å². The Bertz CT molecular complexity index is 357. The van der Waals surface area contributed by atoms with Gasteiger partial charge in [0.1, 0.15) is 0 Å². The van der Waals surface area contributed by atoms with Gasteiger partial charge in [-0.2, -0.15) is 0 Å². The summed E-state index contributed by atoms with van der Waals surface area (Å²) in [7, 11) is 0. The molecular formula is C12H14BrN. The molecule has 0 heterocycles. The van der Waals surface area contributed by atoms with Crippen molar-refractivity contribution in [3.05, 3.63) is 46.0 Å². The van der Waals surface area contributed by atoms with Crippen LogP contribution in [0, 0.1) is 0 Å². The van der Waals surface area contributed by atoms with Crippen molar-refractivity contribution in [3.63, 3.8) is 0 Å². The van der Waals surface area contributed by atoms with Crippen LogP contribution in [-0.2, 0) is 6.42 Å². The molecule has 0 spiro atoms. The zero-order chi connectivity index (χ0) is 9.97. The zero-order valence-electron chi connectivity index (χ0n) is 8.04. The fraction of sp³-hybridized carbons (Fsp3) is 0.333. The average Bonchev–Trinajstić information content (AvgIpc) is 2.56. The summed E-state index contributed by atoms with van der Waals surface area (Å²) in [6, 6.07) is 8.66. The van der Waals surface area contributed by atoms with Crippen LogP contribution in [0.4, 0.5) is 0 Å². The van der Waals surface area contributed by atoms with Crippen molar-refractivity contribution in [2.24, 2.45) is 5.73 Å². The Hall–Kier alpha value is -0.600. The number of halogens is 1. The van der Waals surface area contributed by atoms with Gasteiger partial charge >= 0.3 is 0 Å². The minimum atomic E-state index is 0.285. The molecule has 0 aromatic heterocycles. The number of hydrogen-bond acceptors (Lipinski definition) is 1. The summed E-state index contributed by atoms with van der Waals surface area (Å²) in [5, 5.41) is 0. The van der Waals surface area contributed by atoms with Crippen LogP contribution in [-0.4, -0.2) is 6.04 Å². The Balaban J connectivity index is 2.12. The van der Waals surface area contributed by atoms with Gasteiger partial charge < -0.3 is 5.73 Å². The summed E-state index contributed by atoms with van der Waals surface area (Å²) < 4.78 is 1.20. The molecule has 2 heteroatoms. The Morgan fingerprint density at radius 1 is 1.36 bits per heavy atom. The maximum Gasteiger partial charge on any atom is 0.0229 e. The van der Waals surface area contributed by atoms with E-state index in [2.05, 4.69) is 40.2 Å². The molecule has 0 radical (unpaired) electrons. The number of rotatable bonds is 2. The molecule has 0 fully saturated rings. The first kappa shape index (κ1) is 9.94. The number of allylic oxidation sites excluding steroid dienone is 1. The van der Waals surface area contributed by atoms with Gasteiger partial charge in [-0.3, -0.25) is 0 Å². The smallest absolute Gasteiger partial charge is 0.0229 e. The van der Waals surface area contributed by atoms with E-state index >= 15 is 0 Å². The van der Waals surface area contributed by atoms with Crippen LogP contribution in [0.15, 0.2) is 40.4 Å². The van der Waals surface area contributed by atoms with Crippen LogP contribution in [0.3, 0.4) is 0 Å². The van der Waals surface area contributed by atoms with Crippen molar-refractivity contribution < 1.29 is 0 Å². The minimum Gasteiger partial charge on any atom is -0.324 e.